The van der Waals surface area contributed by atoms with Gasteiger partial charge >= 0.3 is 0 Å². The molecule has 0 radical (unpaired) electrons. The summed E-state index contributed by atoms with van der Waals surface area (Å²) in [5, 5.41) is 0.924. The number of hydrogen-bond acceptors (Lipinski definition) is 4. The van der Waals surface area contributed by atoms with Crippen LogP contribution in [0.4, 0.5) is 0 Å². The van der Waals surface area contributed by atoms with Gasteiger partial charge in [0.2, 0.25) is 0 Å². The lowest BCUT2D eigenvalue weighted by molar-refractivity contribution is 0.0728. The van der Waals surface area contributed by atoms with Crippen molar-refractivity contribution in [1.29, 1.82) is 0 Å². The van der Waals surface area contributed by atoms with Gasteiger partial charge < -0.3 is 24.3 Å². The third kappa shape index (κ3) is 3.71. The van der Waals surface area contributed by atoms with Crippen molar-refractivity contribution in [2.24, 2.45) is 0 Å². The Hall–Kier alpha value is -3.48. The minimum Gasteiger partial charge on any atom is -0.497 e. The number of methoxy groups -OCH3 is 1. The largest absolute Gasteiger partial charge is 0.497 e. The number of ether oxygens (including phenoxy) is 2. The second kappa shape index (κ2) is 7.98. The molecule has 0 saturated carbocycles. The van der Waals surface area contributed by atoms with E-state index in [-0.39, 0.29) is 11.8 Å². The molecule has 0 spiro atoms. The van der Waals surface area contributed by atoms with Crippen LogP contribution < -0.4 is 9.47 Å². The number of rotatable bonds is 3. The maximum atomic E-state index is 13.2. The number of carbonyl (C=O) groups is 2. The normalized spacial score (nSPS) is 16.0. The zero-order valence-corrected chi connectivity index (χ0v) is 17.5. The molecule has 2 aliphatic rings. The summed E-state index contributed by atoms with van der Waals surface area (Å²) in [5.74, 6) is 1.43. The van der Waals surface area contributed by atoms with Gasteiger partial charge in [-0.3, -0.25) is 9.59 Å². The standard InChI is InChI=1S/C24H25N3O4/c1-30-19-5-6-20-17(13-19)14-21(25-20)24(29)27-10-11-31-22-7-4-16(12-18(22)15-27)23(28)26-8-2-3-9-26/h4-7,12-14,25H,2-3,8-11,15H2,1H3. The maximum Gasteiger partial charge on any atom is 0.270 e. The highest BCUT2D eigenvalue weighted by Gasteiger charge is 2.25. The molecule has 160 valence electrons. The number of nitrogens with zero attached hydrogens (tertiary/aromatic N) is 2. The summed E-state index contributed by atoms with van der Waals surface area (Å²) < 4.78 is 11.1. The number of fused-ring (bicyclic) bond motifs is 2. The van der Waals surface area contributed by atoms with E-state index in [2.05, 4.69) is 4.98 Å². The highest BCUT2D eigenvalue weighted by Crippen LogP contribution is 2.27. The van der Waals surface area contributed by atoms with Crippen molar-refractivity contribution >= 4 is 22.7 Å². The average molecular weight is 419 g/mol. The van der Waals surface area contributed by atoms with Crippen molar-refractivity contribution in [1.82, 2.24) is 14.8 Å². The predicted octanol–water partition coefficient (Wildman–Crippen LogP) is 3.45. The Bertz CT molecular complexity index is 1150. The summed E-state index contributed by atoms with van der Waals surface area (Å²) >= 11 is 0. The summed E-state index contributed by atoms with van der Waals surface area (Å²) in [7, 11) is 1.62. The number of H-pyrrole nitrogens is 1. The van der Waals surface area contributed by atoms with Gasteiger partial charge in [0.1, 0.15) is 23.8 Å². The van der Waals surface area contributed by atoms with Crippen molar-refractivity contribution in [2.45, 2.75) is 19.4 Å². The Balaban J connectivity index is 1.40. The molecule has 2 aliphatic heterocycles. The first-order valence-electron chi connectivity index (χ1n) is 10.6. The Morgan fingerprint density at radius 2 is 1.81 bits per heavy atom. The minimum absolute atomic E-state index is 0.0481. The van der Waals surface area contributed by atoms with Gasteiger partial charge in [-0.15, -0.1) is 0 Å². The average Bonchev–Trinajstić information content (AvgIpc) is 3.43. The van der Waals surface area contributed by atoms with E-state index in [0.29, 0.717) is 31.0 Å². The zero-order chi connectivity index (χ0) is 21.4. The number of benzene rings is 2. The SMILES string of the molecule is COc1ccc2[nH]c(C(=O)N3CCOc4ccc(C(=O)N5CCCC5)cc4C3)cc2c1. The van der Waals surface area contributed by atoms with E-state index in [1.807, 2.05) is 47.4 Å². The number of likely N-dealkylation sites (tertiary alicyclic amines) is 1. The molecule has 0 bridgehead atoms. The van der Waals surface area contributed by atoms with Gasteiger partial charge in [0.15, 0.2) is 0 Å². The first-order valence-corrected chi connectivity index (χ1v) is 10.6. The second-order valence-corrected chi connectivity index (χ2v) is 8.03. The zero-order valence-electron chi connectivity index (χ0n) is 17.5. The van der Waals surface area contributed by atoms with Crippen molar-refractivity contribution < 1.29 is 19.1 Å². The quantitative estimate of drug-likeness (QED) is 0.706. The molecular formula is C24H25N3O4. The van der Waals surface area contributed by atoms with Crippen LogP contribution in [0.5, 0.6) is 11.5 Å². The molecule has 7 heteroatoms. The summed E-state index contributed by atoms with van der Waals surface area (Å²) in [6, 6.07) is 13.1. The van der Waals surface area contributed by atoms with Gasteiger partial charge in [-0.1, -0.05) is 0 Å². The summed E-state index contributed by atoms with van der Waals surface area (Å²) in [6.45, 7) is 2.90. The van der Waals surface area contributed by atoms with Gasteiger partial charge in [-0.25, -0.2) is 0 Å². The van der Waals surface area contributed by atoms with Gasteiger partial charge in [-0.05, 0) is 55.3 Å². The highest BCUT2D eigenvalue weighted by molar-refractivity contribution is 5.98. The molecule has 2 aromatic carbocycles. The van der Waals surface area contributed by atoms with Crippen LogP contribution in [0.25, 0.3) is 10.9 Å². The number of carbonyl (C=O) groups excluding carboxylic acids is 2. The minimum atomic E-state index is -0.0945. The van der Waals surface area contributed by atoms with Crippen LogP contribution in [-0.4, -0.2) is 59.9 Å². The lowest BCUT2D eigenvalue weighted by Crippen LogP contribution is -2.32. The molecule has 3 heterocycles. The number of hydrogen-bond donors (Lipinski definition) is 1. The second-order valence-electron chi connectivity index (χ2n) is 8.03. The first-order chi connectivity index (χ1) is 15.1. The molecule has 1 N–H and O–H groups in total. The van der Waals surface area contributed by atoms with Crippen LogP contribution in [0.15, 0.2) is 42.5 Å². The van der Waals surface area contributed by atoms with Crippen molar-refractivity contribution in [3.63, 3.8) is 0 Å². The molecule has 3 aromatic rings. The third-order valence-electron chi connectivity index (χ3n) is 6.03. The topological polar surface area (TPSA) is 74.9 Å². The molecule has 7 nitrogen and oxygen atoms in total. The van der Waals surface area contributed by atoms with Crippen LogP contribution in [-0.2, 0) is 6.54 Å². The van der Waals surface area contributed by atoms with E-state index in [1.165, 1.54) is 0 Å². The third-order valence-corrected chi connectivity index (χ3v) is 6.03. The van der Waals surface area contributed by atoms with E-state index >= 15 is 0 Å². The van der Waals surface area contributed by atoms with Crippen LogP contribution in [0.2, 0.25) is 0 Å². The molecule has 1 aromatic heterocycles. The molecule has 1 fully saturated rings. The van der Waals surface area contributed by atoms with E-state index < -0.39 is 0 Å². The number of nitrogens with one attached hydrogen (secondary N) is 1. The van der Waals surface area contributed by atoms with Crippen LogP contribution in [0.1, 0.15) is 39.3 Å². The molecule has 0 atom stereocenters. The van der Waals surface area contributed by atoms with Crippen molar-refractivity contribution in [3.05, 3.63) is 59.3 Å². The fourth-order valence-electron chi connectivity index (χ4n) is 4.33. The van der Waals surface area contributed by atoms with Gasteiger partial charge in [0, 0.05) is 41.7 Å². The monoisotopic (exact) mass is 419 g/mol. The van der Waals surface area contributed by atoms with Crippen LogP contribution >= 0.6 is 0 Å². The first kappa shape index (κ1) is 19.5. The Labute approximate surface area is 180 Å². The number of aromatic amines is 1. The Morgan fingerprint density at radius 3 is 2.61 bits per heavy atom. The van der Waals surface area contributed by atoms with Gasteiger partial charge in [0.05, 0.1) is 13.7 Å². The van der Waals surface area contributed by atoms with Crippen molar-refractivity contribution in [2.75, 3.05) is 33.4 Å². The summed E-state index contributed by atoms with van der Waals surface area (Å²) in [5.41, 5.74) is 2.91. The fraction of sp³-hybridized carbons (Fsp3) is 0.333. The smallest absolute Gasteiger partial charge is 0.270 e. The molecule has 5 rings (SSSR count). The predicted molar refractivity (Wildman–Crippen MR) is 117 cm³/mol. The molecule has 2 amide bonds. The van der Waals surface area contributed by atoms with E-state index in [4.69, 9.17) is 9.47 Å². The molecular weight excluding hydrogens is 394 g/mol. The fourth-order valence-corrected chi connectivity index (χ4v) is 4.33. The highest BCUT2D eigenvalue weighted by atomic mass is 16.5. The molecule has 0 aliphatic carbocycles. The van der Waals surface area contributed by atoms with Gasteiger partial charge in [-0.2, -0.15) is 0 Å². The van der Waals surface area contributed by atoms with Crippen molar-refractivity contribution in [3.8, 4) is 11.5 Å². The van der Waals surface area contributed by atoms with Crippen LogP contribution in [0, 0.1) is 0 Å². The Kier molecular flexibility index (Phi) is 5.02. The lowest BCUT2D eigenvalue weighted by atomic mass is 10.1. The summed E-state index contributed by atoms with van der Waals surface area (Å²) in [6.07, 6.45) is 2.11. The molecule has 0 unspecified atom stereocenters. The maximum absolute atomic E-state index is 13.2. The van der Waals surface area contributed by atoms with E-state index in [9.17, 15) is 9.59 Å². The summed E-state index contributed by atoms with van der Waals surface area (Å²) in [4.78, 5) is 32.9. The van der Waals surface area contributed by atoms with Gasteiger partial charge in [0.25, 0.3) is 11.8 Å². The van der Waals surface area contributed by atoms with E-state index in [0.717, 1.165) is 53.9 Å². The lowest BCUT2D eigenvalue weighted by Gasteiger charge is -2.20. The Morgan fingerprint density at radius 1 is 0.968 bits per heavy atom. The van der Waals surface area contributed by atoms with E-state index in [1.54, 1.807) is 12.0 Å². The number of amides is 2. The molecule has 1 saturated heterocycles. The number of aromatic nitrogens is 1. The van der Waals surface area contributed by atoms with Crippen LogP contribution in [0.3, 0.4) is 0 Å². The molecule has 31 heavy (non-hydrogen) atoms.